The van der Waals surface area contributed by atoms with E-state index in [4.69, 9.17) is 16.3 Å². The molecule has 1 fully saturated rings. The van der Waals surface area contributed by atoms with Gasteiger partial charge in [-0.3, -0.25) is 0 Å². The molecule has 4 heteroatoms. The Morgan fingerprint density at radius 2 is 2.27 bits per heavy atom. The van der Waals surface area contributed by atoms with Gasteiger partial charge in [0, 0.05) is 11.1 Å². The molecule has 1 aliphatic heterocycles. The molecular formula is C11H15Cl2NO. The Morgan fingerprint density at radius 3 is 2.87 bits per heavy atom. The van der Waals surface area contributed by atoms with Crippen molar-refractivity contribution < 1.29 is 4.74 Å². The molecule has 0 spiro atoms. The van der Waals surface area contributed by atoms with Crippen LogP contribution in [0.3, 0.4) is 0 Å². The van der Waals surface area contributed by atoms with Crippen molar-refractivity contribution in [1.82, 2.24) is 5.32 Å². The van der Waals surface area contributed by atoms with Gasteiger partial charge in [0.1, 0.15) is 5.75 Å². The molecule has 1 aromatic rings. The van der Waals surface area contributed by atoms with Gasteiger partial charge in [-0.15, -0.1) is 12.4 Å². The molecule has 2 rings (SSSR count). The molecule has 1 aliphatic rings. The zero-order chi connectivity index (χ0) is 9.97. The topological polar surface area (TPSA) is 21.3 Å². The van der Waals surface area contributed by atoms with E-state index in [0.717, 1.165) is 29.3 Å². The minimum absolute atomic E-state index is 0. The van der Waals surface area contributed by atoms with Crippen LogP contribution in [0.15, 0.2) is 18.2 Å². The number of hydrogen-bond acceptors (Lipinski definition) is 2. The van der Waals surface area contributed by atoms with Crippen molar-refractivity contribution in [2.24, 2.45) is 0 Å². The lowest BCUT2D eigenvalue weighted by atomic mass is 10.1. The van der Waals surface area contributed by atoms with Crippen LogP contribution < -0.4 is 10.1 Å². The summed E-state index contributed by atoms with van der Waals surface area (Å²) in [6.07, 6.45) is 2.38. The van der Waals surface area contributed by atoms with Gasteiger partial charge in [-0.2, -0.15) is 0 Å². The second-order valence-corrected chi connectivity index (χ2v) is 3.94. The predicted octanol–water partition coefficient (Wildman–Crippen LogP) is 3.19. The summed E-state index contributed by atoms with van der Waals surface area (Å²) < 4.78 is 5.18. The Bertz CT molecular complexity index is 324. The Morgan fingerprint density at radius 1 is 1.47 bits per heavy atom. The molecule has 0 bridgehead atoms. The Labute approximate surface area is 101 Å². The van der Waals surface area contributed by atoms with Crippen LogP contribution in [0.5, 0.6) is 5.75 Å². The van der Waals surface area contributed by atoms with Gasteiger partial charge >= 0.3 is 0 Å². The summed E-state index contributed by atoms with van der Waals surface area (Å²) in [4.78, 5) is 0. The molecule has 0 radical (unpaired) electrons. The van der Waals surface area contributed by atoms with Gasteiger partial charge < -0.3 is 10.1 Å². The summed E-state index contributed by atoms with van der Waals surface area (Å²) in [6.45, 7) is 1.08. The molecule has 0 aromatic heterocycles. The molecule has 0 unspecified atom stereocenters. The minimum Gasteiger partial charge on any atom is -0.497 e. The first kappa shape index (κ1) is 12.6. The van der Waals surface area contributed by atoms with Crippen molar-refractivity contribution >= 4 is 24.0 Å². The summed E-state index contributed by atoms with van der Waals surface area (Å²) in [6, 6.07) is 6.21. The highest BCUT2D eigenvalue weighted by molar-refractivity contribution is 6.31. The fourth-order valence-corrected chi connectivity index (χ4v) is 2.12. The van der Waals surface area contributed by atoms with Crippen molar-refractivity contribution in [2.75, 3.05) is 13.7 Å². The molecule has 15 heavy (non-hydrogen) atoms. The molecule has 1 heterocycles. The van der Waals surface area contributed by atoms with E-state index in [1.165, 1.54) is 6.42 Å². The van der Waals surface area contributed by atoms with E-state index in [9.17, 15) is 0 Å². The van der Waals surface area contributed by atoms with Gasteiger partial charge in [-0.05, 0) is 43.1 Å². The van der Waals surface area contributed by atoms with Crippen LogP contribution in [-0.2, 0) is 0 Å². The third kappa shape index (κ3) is 2.77. The summed E-state index contributed by atoms with van der Waals surface area (Å²) in [5.41, 5.74) is 1.16. The monoisotopic (exact) mass is 247 g/mol. The number of ether oxygens (including phenoxy) is 1. The highest BCUT2D eigenvalue weighted by Crippen LogP contribution is 2.31. The Balaban J connectivity index is 0.00000112. The van der Waals surface area contributed by atoms with Crippen LogP contribution in [0.2, 0.25) is 5.02 Å². The lowest BCUT2D eigenvalue weighted by Crippen LogP contribution is -2.13. The normalized spacial score (nSPS) is 19.7. The van der Waals surface area contributed by atoms with Crippen molar-refractivity contribution in [2.45, 2.75) is 18.9 Å². The summed E-state index contributed by atoms with van der Waals surface area (Å²) >= 11 is 6.14. The van der Waals surface area contributed by atoms with Gasteiger partial charge in [0.2, 0.25) is 0 Å². The lowest BCUT2D eigenvalue weighted by Gasteiger charge is -2.13. The van der Waals surface area contributed by atoms with Gasteiger partial charge in [-0.25, -0.2) is 0 Å². The number of hydrogen-bond donors (Lipinski definition) is 1. The maximum atomic E-state index is 6.14. The van der Waals surface area contributed by atoms with Crippen LogP contribution in [0.25, 0.3) is 0 Å². The van der Waals surface area contributed by atoms with E-state index in [1.54, 1.807) is 7.11 Å². The largest absolute Gasteiger partial charge is 0.497 e. The highest BCUT2D eigenvalue weighted by Gasteiger charge is 2.18. The molecule has 1 saturated heterocycles. The maximum Gasteiger partial charge on any atom is 0.119 e. The summed E-state index contributed by atoms with van der Waals surface area (Å²) in [5.74, 6) is 0.873. The molecule has 2 nitrogen and oxygen atoms in total. The maximum absolute atomic E-state index is 6.14. The number of nitrogens with one attached hydrogen (secondary N) is 1. The third-order valence-electron chi connectivity index (χ3n) is 2.64. The number of halogens is 2. The van der Waals surface area contributed by atoms with Crippen LogP contribution in [-0.4, -0.2) is 13.7 Å². The van der Waals surface area contributed by atoms with Gasteiger partial charge in [-0.1, -0.05) is 11.6 Å². The Kier molecular flexibility index (Phi) is 4.71. The molecule has 84 valence electrons. The first-order valence-corrected chi connectivity index (χ1v) is 5.26. The second-order valence-electron chi connectivity index (χ2n) is 3.54. The molecule has 1 atom stereocenters. The zero-order valence-electron chi connectivity index (χ0n) is 8.63. The predicted molar refractivity (Wildman–Crippen MR) is 65.2 cm³/mol. The molecule has 1 aromatic carbocycles. The van der Waals surface area contributed by atoms with Crippen molar-refractivity contribution in [3.05, 3.63) is 28.8 Å². The standard InChI is InChI=1S/C11H14ClNO.ClH/c1-14-8-4-5-10(12)9(7-8)11-3-2-6-13-11;/h4-5,7,11,13H,2-3,6H2,1H3;1H/t11-;/m0./s1. The van der Waals surface area contributed by atoms with Crippen LogP contribution >= 0.6 is 24.0 Å². The third-order valence-corrected chi connectivity index (χ3v) is 2.98. The van der Waals surface area contributed by atoms with E-state index < -0.39 is 0 Å². The van der Waals surface area contributed by atoms with E-state index >= 15 is 0 Å². The van der Waals surface area contributed by atoms with Gasteiger partial charge in [0.15, 0.2) is 0 Å². The number of methoxy groups -OCH3 is 1. The van der Waals surface area contributed by atoms with Crippen LogP contribution in [0.4, 0.5) is 0 Å². The molecular weight excluding hydrogens is 233 g/mol. The lowest BCUT2D eigenvalue weighted by molar-refractivity contribution is 0.413. The Hall–Kier alpha value is -0.440. The quantitative estimate of drug-likeness (QED) is 0.867. The summed E-state index contributed by atoms with van der Waals surface area (Å²) in [7, 11) is 1.68. The van der Waals surface area contributed by atoms with E-state index in [-0.39, 0.29) is 12.4 Å². The van der Waals surface area contributed by atoms with E-state index in [1.807, 2.05) is 18.2 Å². The van der Waals surface area contributed by atoms with Gasteiger partial charge in [0.25, 0.3) is 0 Å². The first-order chi connectivity index (χ1) is 6.81. The first-order valence-electron chi connectivity index (χ1n) is 4.88. The van der Waals surface area contributed by atoms with Gasteiger partial charge in [0.05, 0.1) is 7.11 Å². The minimum atomic E-state index is 0. The smallest absolute Gasteiger partial charge is 0.119 e. The highest BCUT2D eigenvalue weighted by atomic mass is 35.5. The van der Waals surface area contributed by atoms with Crippen molar-refractivity contribution in [1.29, 1.82) is 0 Å². The summed E-state index contributed by atoms with van der Waals surface area (Å²) in [5, 5.41) is 4.25. The zero-order valence-corrected chi connectivity index (χ0v) is 10.2. The molecule has 1 N–H and O–H groups in total. The van der Waals surface area contributed by atoms with E-state index in [0.29, 0.717) is 6.04 Å². The second kappa shape index (κ2) is 5.59. The fraction of sp³-hybridized carbons (Fsp3) is 0.455. The van der Waals surface area contributed by atoms with Crippen molar-refractivity contribution in [3.63, 3.8) is 0 Å². The average Bonchev–Trinajstić information content (AvgIpc) is 2.71. The van der Waals surface area contributed by atoms with Crippen LogP contribution in [0.1, 0.15) is 24.4 Å². The van der Waals surface area contributed by atoms with Crippen molar-refractivity contribution in [3.8, 4) is 5.75 Å². The van der Waals surface area contributed by atoms with E-state index in [2.05, 4.69) is 5.32 Å². The SMILES string of the molecule is COc1ccc(Cl)c([C@@H]2CCCN2)c1.Cl. The molecule has 0 saturated carbocycles. The number of benzene rings is 1. The average molecular weight is 248 g/mol. The molecule has 0 aliphatic carbocycles. The van der Waals surface area contributed by atoms with Crippen LogP contribution in [0, 0.1) is 0 Å². The molecule has 0 amide bonds. The fourth-order valence-electron chi connectivity index (χ4n) is 1.87. The number of rotatable bonds is 2.